The Morgan fingerprint density at radius 2 is 0.821 bits per heavy atom. The lowest BCUT2D eigenvalue weighted by Crippen LogP contribution is -2.64. The van der Waals surface area contributed by atoms with Crippen LogP contribution in [0.1, 0.15) is 219 Å². The van der Waals surface area contributed by atoms with E-state index in [0.29, 0.717) is 19.3 Å². The van der Waals surface area contributed by atoms with Crippen LogP contribution in [0.4, 0.5) is 0 Å². The Kier molecular flexibility index (Phi) is 40.0. The smallest absolute Gasteiger partial charge is 0.462 e. The van der Waals surface area contributed by atoms with Crippen molar-refractivity contribution < 1.29 is 63.1 Å². The third-order valence-corrected chi connectivity index (χ3v) is 13.1. The van der Waals surface area contributed by atoms with Crippen molar-refractivity contribution in [2.75, 3.05) is 13.2 Å². The third kappa shape index (κ3) is 34.7. The lowest BCUT2D eigenvalue weighted by atomic mass is 9.85. The monoisotopic (exact) mass is 971 g/mol. The summed E-state index contributed by atoms with van der Waals surface area (Å²) < 4.78 is 33.6. The van der Waals surface area contributed by atoms with Crippen molar-refractivity contribution in [1.29, 1.82) is 0 Å². The Hall–Kier alpha value is -2.19. The van der Waals surface area contributed by atoms with E-state index in [4.69, 9.17) is 18.5 Å². The van der Waals surface area contributed by atoms with Gasteiger partial charge in [0.1, 0.15) is 43.2 Å². The number of phosphoric ester groups is 1. The number of carbonyl (C=O) groups is 2. The highest BCUT2D eigenvalue weighted by Crippen LogP contribution is 2.47. The number of phosphoric acid groups is 1. The summed E-state index contributed by atoms with van der Waals surface area (Å²) in [6.07, 6.45) is 38.8. The van der Waals surface area contributed by atoms with Gasteiger partial charge in [-0.1, -0.05) is 184 Å². The van der Waals surface area contributed by atoms with Crippen LogP contribution in [0.25, 0.3) is 0 Å². The molecule has 0 aliphatic heterocycles. The molecular formula is C53H95O13P. The number of aliphatic hydroxyl groups is 5. The van der Waals surface area contributed by atoms with Gasteiger partial charge in [-0.2, -0.15) is 0 Å². The van der Waals surface area contributed by atoms with Crippen molar-refractivity contribution in [3.63, 3.8) is 0 Å². The van der Waals surface area contributed by atoms with E-state index in [-0.39, 0.29) is 12.8 Å². The normalized spacial score (nSPS) is 21.5. The third-order valence-electron chi connectivity index (χ3n) is 12.1. The molecule has 0 saturated heterocycles. The second-order valence-corrected chi connectivity index (χ2v) is 19.8. The van der Waals surface area contributed by atoms with Crippen molar-refractivity contribution in [2.45, 2.75) is 262 Å². The van der Waals surface area contributed by atoms with E-state index in [1.165, 1.54) is 128 Å². The molecule has 0 radical (unpaired) electrons. The van der Waals surface area contributed by atoms with E-state index in [1.807, 2.05) is 12.2 Å². The predicted octanol–water partition coefficient (Wildman–Crippen LogP) is 11.5. The molecule has 0 bridgehead atoms. The van der Waals surface area contributed by atoms with Gasteiger partial charge in [-0.05, 0) is 70.6 Å². The van der Waals surface area contributed by atoms with E-state index in [9.17, 15) is 44.6 Å². The summed E-state index contributed by atoms with van der Waals surface area (Å²) in [5.74, 6) is -1.16. The molecule has 1 aliphatic carbocycles. The number of esters is 2. The first-order valence-electron chi connectivity index (χ1n) is 26.4. The first-order chi connectivity index (χ1) is 32.4. The molecule has 0 amide bonds. The van der Waals surface area contributed by atoms with Crippen LogP contribution in [0.2, 0.25) is 0 Å². The fourth-order valence-electron chi connectivity index (χ4n) is 7.89. The van der Waals surface area contributed by atoms with Gasteiger partial charge >= 0.3 is 19.8 Å². The molecule has 1 rings (SSSR count). The van der Waals surface area contributed by atoms with Gasteiger partial charge in [0, 0.05) is 12.8 Å². The van der Waals surface area contributed by atoms with Gasteiger partial charge in [0.2, 0.25) is 0 Å². The highest BCUT2D eigenvalue weighted by atomic mass is 31.2. The fourth-order valence-corrected chi connectivity index (χ4v) is 8.86. The van der Waals surface area contributed by atoms with Gasteiger partial charge < -0.3 is 39.9 Å². The quantitative estimate of drug-likeness (QED) is 0.0145. The lowest BCUT2D eigenvalue weighted by molar-refractivity contribution is -0.220. The molecule has 1 aliphatic rings. The van der Waals surface area contributed by atoms with Gasteiger partial charge in [-0.3, -0.25) is 18.6 Å². The van der Waals surface area contributed by atoms with E-state index >= 15 is 0 Å². The summed E-state index contributed by atoms with van der Waals surface area (Å²) in [4.78, 5) is 35.8. The van der Waals surface area contributed by atoms with Crippen molar-refractivity contribution in [3.8, 4) is 0 Å². The topological polar surface area (TPSA) is 210 Å². The van der Waals surface area contributed by atoms with Crippen LogP contribution in [0.3, 0.4) is 0 Å². The van der Waals surface area contributed by atoms with Gasteiger partial charge in [0.25, 0.3) is 0 Å². The molecule has 0 aromatic heterocycles. The second kappa shape index (κ2) is 42.7. The van der Waals surface area contributed by atoms with Crippen molar-refractivity contribution in [1.82, 2.24) is 0 Å². The molecule has 8 atom stereocenters. The molecular weight excluding hydrogens is 876 g/mol. The Labute approximate surface area is 405 Å². The van der Waals surface area contributed by atoms with Gasteiger partial charge in [0.05, 0.1) is 6.61 Å². The zero-order valence-corrected chi connectivity index (χ0v) is 42.6. The van der Waals surface area contributed by atoms with Gasteiger partial charge in [-0.25, -0.2) is 4.57 Å². The van der Waals surface area contributed by atoms with E-state index < -0.39 is 75.7 Å². The number of rotatable bonds is 44. The standard InChI is InChI=1S/C53H95O13P/c1-3-5-7-9-11-13-15-17-19-21-22-23-24-26-28-30-32-34-36-38-40-42-47(55)65-45(44-64-67(61,62)66-53-51(59)49(57)48(56)50(58)52(53)60)43-63-46(54)41-39-37-35-33-31-29-27-25-20-18-16-14-12-10-8-6-4-2/h17-20,27,29,33,35,45,48-53,56-60H,3-16,21-26,28,30-32,34,36-44H2,1-2H3,(H,61,62)/b19-17+,20-18+,29-27+,35-33+/t45-,48?,49-,50?,51?,52?,53?/m1/s1. The minimum atomic E-state index is -5.13. The van der Waals surface area contributed by atoms with Crippen LogP contribution in [0.5, 0.6) is 0 Å². The van der Waals surface area contributed by atoms with Gasteiger partial charge in [0.15, 0.2) is 6.10 Å². The number of ether oxygens (including phenoxy) is 2. The molecule has 0 spiro atoms. The summed E-state index contributed by atoms with van der Waals surface area (Å²) in [7, 11) is -5.13. The van der Waals surface area contributed by atoms with Crippen LogP contribution < -0.4 is 0 Å². The summed E-state index contributed by atoms with van der Waals surface area (Å²) in [5, 5.41) is 50.3. The molecule has 0 heterocycles. The van der Waals surface area contributed by atoms with Crippen LogP contribution in [0, 0.1) is 0 Å². The Morgan fingerprint density at radius 1 is 0.463 bits per heavy atom. The predicted molar refractivity (Wildman–Crippen MR) is 267 cm³/mol. The summed E-state index contributed by atoms with van der Waals surface area (Å²) in [6.45, 7) is 3.27. The molecule has 1 saturated carbocycles. The van der Waals surface area contributed by atoms with Crippen molar-refractivity contribution in [2.24, 2.45) is 0 Å². The summed E-state index contributed by atoms with van der Waals surface area (Å²) in [6, 6.07) is 0. The number of aliphatic hydroxyl groups excluding tert-OH is 5. The molecule has 67 heavy (non-hydrogen) atoms. The SMILES string of the molecule is CCCCCCCC/C=C/C/C=C/C/C=C/CCCC(=O)OC[C@H](COP(=O)(O)OC1C(O)C(O)C(O)[C@@H](O)C1O)OC(=O)CCCCCCCCCCCCC/C=C/CCCCCCCC. The molecule has 1 fully saturated rings. The molecule has 6 unspecified atom stereocenters. The first kappa shape index (κ1) is 62.8. The van der Waals surface area contributed by atoms with E-state index in [2.05, 4.69) is 50.3 Å². The zero-order chi connectivity index (χ0) is 49.2. The molecule has 0 aromatic carbocycles. The minimum absolute atomic E-state index is 0.0853. The second-order valence-electron chi connectivity index (χ2n) is 18.4. The molecule has 390 valence electrons. The zero-order valence-electron chi connectivity index (χ0n) is 41.7. The van der Waals surface area contributed by atoms with Crippen molar-refractivity contribution in [3.05, 3.63) is 48.6 Å². The Balaban J connectivity index is 2.41. The molecule has 6 N–H and O–H groups in total. The first-order valence-corrected chi connectivity index (χ1v) is 27.9. The maximum Gasteiger partial charge on any atom is 0.472 e. The summed E-state index contributed by atoms with van der Waals surface area (Å²) >= 11 is 0. The van der Waals surface area contributed by atoms with Crippen LogP contribution in [-0.4, -0.2) is 98.3 Å². The van der Waals surface area contributed by atoms with Crippen LogP contribution in [0.15, 0.2) is 48.6 Å². The summed E-state index contributed by atoms with van der Waals surface area (Å²) in [5.41, 5.74) is 0. The molecule has 14 heteroatoms. The Morgan fingerprint density at radius 3 is 1.28 bits per heavy atom. The van der Waals surface area contributed by atoms with Crippen LogP contribution >= 0.6 is 7.82 Å². The number of hydrogen-bond acceptors (Lipinski definition) is 12. The fraction of sp³-hybridized carbons (Fsp3) is 0.811. The average molecular weight is 971 g/mol. The molecule has 13 nitrogen and oxygen atoms in total. The number of carbonyl (C=O) groups excluding carboxylic acids is 2. The molecule has 0 aromatic rings. The van der Waals surface area contributed by atoms with Gasteiger partial charge in [-0.15, -0.1) is 0 Å². The van der Waals surface area contributed by atoms with E-state index in [0.717, 1.165) is 44.9 Å². The van der Waals surface area contributed by atoms with Crippen molar-refractivity contribution >= 4 is 19.8 Å². The van der Waals surface area contributed by atoms with E-state index in [1.54, 1.807) is 0 Å². The highest BCUT2D eigenvalue weighted by Gasteiger charge is 2.51. The number of hydrogen-bond donors (Lipinski definition) is 6. The maximum atomic E-state index is 12.9. The number of allylic oxidation sites excluding steroid dienone is 8. The average Bonchev–Trinajstić information content (AvgIpc) is 3.31. The highest BCUT2D eigenvalue weighted by molar-refractivity contribution is 7.47. The number of unbranched alkanes of at least 4 members (excludes halogenated alkanes) is 24. The largest absolute Gasteiger partial charge is 0.472 e. The minimum Gasteiger partial charge on any atom is -0.462 e. The maximum absolute atomic E-state index is 12.9. The van der Waals surface area contributed by atoms with Crippen LogP contribution in [-0.2, 0) is 32.7 Å². The Bertz CT molecular complexity index is 1350. The lowest BCUT2D eigenvalue weighted by Gasteiger charge is -2.41.